The monoisotopic (exact) mass is 342 g/mol. The molecule has 2 aromatic rings. The van der Waals surface area contributed by atoms with Crippen LogP contribution in [0.15, 0.2) is 47.6 Å². The third-order valence-electron chi connectivity index (χ3n) is 3.52. The Kier molecular flexibility index (Phi) is 5.59. The number of non-ortho nitro benzene ring substituents is 1. The molecule has 6 nitrogen and oxygen atoms in total. The zero-order valence-corrected chi connectivity index (χ0v) is 14.5. The smallest absolute Gasteiger partial charge is 0.270 e. The largest absolute Gasteiger partial charge is 0.331 e. The van der Waals surface area contributed by atoms with Crippen molar-refractivity contribution in [2.45, 2.75) is 20.8 Å². The molecular formula is C17H18N4O2S. The van der Waals surface area contributed by atoms with Crippen molar-refractivity contribution in [1.29, 1.82) is 0 Å². The third-order valence-corrected chi connectivity index (χ3v) is 3.71. The van der Waals surface area contributed by atoms with Gasteiger partial charge in [-0.3, -0.25) is 15.5 Å². The normalized spacial score (nSPS) is 11.0. The van der Waals surface area contributed by atoms with E-state index in [2.05, 4.69) is 15.8 Å². The van der Waals surface area contributed by atoms with Crippen molar-refractivity contribution in [3.05, 3.63) is 69.3 Å². The topological polar surface area (TPSA) is 79.6 Å². The number of hydrogen-bond donors (Lipinski definition) is 2. The van der Waals surface area contributed by atoms with Crippen LogP contribution in [0.2, 0.25) is 0 Å². The number of nitro benzene ring substituents is 1. The minimum absolute atomic E-state index is 0.0262. The van der Waals surface area contributed by atoms with E-state index in [9.17, 15) is 10.1 Å². The lowest BCUT2D eigenvalue weighted by Crippen LogP contribution is -2.25. The Morgan fingerprint density at radius 2 is 1.79 bits per heavy atom. The number of aryl methyl sites for hydroxylation is 2. The van der Waals surface area contributed by atoms with Gasteiger partial charge in [0.15, 0.2) is 5.11 Å². The first-order chi connectivity index (χ1) is 11.4. The van der Waals surface area contributed by atoms with Gasteiger partial charge in [-0.1, -0.05) is 30.3 Å². The van der Waals surface area contributed by atoms with Gasteiger partial charge >= 0.3 is 0 Å². The fourth-order valence-corrected chi connectivity index (χ4v) is 2.34. The van der Waals surface area contributed by atoms with E-state index in [4.69, 9.17) is 12.2 Å². The lowest BCUT2D eigenvalue weighted by atomic mass is 10.1. The maximum atomic E-state index is 10.8. The number of rotatable bonds is 4. The van der Waals surface area contributed by atoms with Gasteiger partial charge in [0.25, 0.3) is 5.69 Å². The molecule has 2 N–H and O–H groups in total. The summed E-state index contributed by atoms with van der Waals surface area (Å²) in [6, 6.07) is 12.3. The summed E-state index contributed by atoms with van der Waals surface area (Å²) in [7, 11) is 0. The molecule has 24 heavy (non-hydrogen) atoms. The molecule has 0 aromatic heterocycles. The molecular weight excluding hydrogens is 324 g/mol. The van der Waals surface area contributed by atoms with Crippen LogP contribution in [0.1, 0.15) is 23.6 Å². The van der Waals surface area contributed by atoms with Crippen molar-refractivity contribution in [3.63, 3.8) is 0 Å². The first-order valence-electron chi connectivity index (χ1n) is 7.31. The van der Waals surface area contributed by atoms with Crippen molar-refractivity contribution >= 4 is 34.4 Å². The molecule has 2 aromatic carbocycles. The van der Waals surface area contributed by atoms with Gasteiger partial charge in [0.2, 0.25) is 0 Å². The molecule has 7 heteroatoms. The SMILES string of the molecule is C/C(=N/NC(=S)Nc1c(C)cccc1C)c1cccc([N+](=O)[O-])c1. The van der Waals surface area contributed by atoms with E-state index in [-0.39, 0.29) is 5.69 Å². The molecule has 0 fully saturated rings. The Balaban J connectivity index is 2.08. The molecule has 2 rings (SSSR count). The van der Waals surface area contributed by atoms with E-state index in [0.717, 1.165) is 16.8 Å². The number of thiocarbonyl (C=S) groups is 1. The minimum Gasteiger partial charge on any atom is -0.331 e. The summed E-state index contributed by atoms with van der Waals surface area (Å²) in [4.78, 5) is 10.4. The average Bonchev–Trinajstić information content (AvgIpc) is 2.56. The Morgan fingerprint density at radius 3 is 2.42 bits per heavy atom. The summed E-state index contributed by atoms with van der Waals surface area (Å²) in [6.07, 6.45) is 0. The average molecular weight is 342 g/mol. The summed E-state index contributed by atoms with van der Waals surface area (Å²) in [5.74, 6) is 0. The van der Waals surface area contributed by atoms with E-state index < -0.39 is 4.92 Å². The molecule has 0 spiro atoms. The first kappa shape index (κ1) is 17.6. The van der Waals surface area contributed by atoms with Gasteiger partial charge < -0.3 is 5.32 Å². The Hall–Kier alpha value is -2.80. The van der Waals surface area contributed by atoms with Crippen LogP contribution >= 0.6 is 12.2 Å². The number of hydrazone groups is 1. The second-order valence-corrected chi connectivity index (χ2v) is 5.75. The van der Waals surface area contributed by atoms with Crippen molar-refractivity contribution in [2.75, 3.05) is 5.32 Å². The predicted molar refractivity (Wildman–Crippen MR) is 101 cm³/mol. The summed E-state index contributed by atoms with van der Waals surface area (Å²) in [5.41, 5.74) is 7.16. The molecule has 0 atom stereocenters. The zero-order valence-electron chi connectivity index (χ0n) is 13.7. The standard InChI is InChI=1S/C17H18N4O2S/c1-11-6-4-7-12(2)16(11)18-17(24)20-19-13(3)14-8-5-9-15(10-14)21(22)23/h4-10H,1-3H3,(H2,18,20,24)/b19-13-. The molecule has 0 aliphatic carbocycles. The van der Waals surface area contributed by atoms with Crippen LogP contribution in [0.4, 0.5) is 11.4 Å². The molecule has 0 bridgehead atoms. The van der Waals surface area contributed by atoms with Crippen LogP contribution in [0.3, 0.4) is 0 Å². The van der Waals surface area contributed by atoms with Crippen LogP contribution in [0.5, 0.6) is 0 Å². The van der Waals surface area contributed by atoms with E-state index in [1.54, 1.807) is 19.1 Å². The maximum absolute atomic E-state index is 10.8. The van der Waals surface area contributed by atoms with Gasteiger partial charge in [0.05, 0.1) is 10.6 Å². The van der Waals surface area contributed by atoms with Gasteiger partial charge in [-0.2, -0.15) is 5.10 Å². The number of anilines is 1. The Labute approximate surface area is 145 Å². The van der Waals surface area contributed by atoms with Crippen LogP contribution in [0, 0.1) is 24.0 Å². The van der Waals surface area contributed by atoms with Gasteiger partial charge in [-0.15, -0.1) is 0 Å². The molecule has 0 amide bonds. The highest BCUT2D eigenvalue weighted by atomic mass is 32.1. The molecule has 0 aliphatic heterocycles. The van der Waals surface area contributed by atoms with E-state index in [1.165, 1.54) is 12.1 Å². The minimum atomic E-state index is -0.433. The van der Waals surface area contributed by atoms with Gasteiger partial charge in [0, 0.05) is 23.4 Å². The van der Waals surface area contributed by atoms with E-state index in [1.807, 2.05) is 32.0 Å². The number of nitrogens with one attached hydrogen (secondary N) is 2. The number of para-hydroxylation sites is 1. The van der Waals surface area contributed by atoms with E-state index >= 15 is 0 Å². The lowest BCUT2D eigenvalue weighted by molar-refractivity contribution is -0.384. The molecule has 0 saturated heterocycles. The third kappa shape index (κ3) is 4.36. The number of hydrogen-bond acceptors (Lipinski definition) is 4. The molecule has 0 radical (unpaired) electrons. The highest BCUT2D eigenvalue weighted by molar-refractivity contribution is 7.80. The van der Waals surface area contributed by atoms with Crippen LogP contribution in [-0.4, -0.2) is 15.7 Å². The molecule has 124 valence electrons. The summed E-state index contributed by atoms with van der Waals surface area (Å²) < 4.78 is 0. The molecule has 0 heterocycles. The molecule has 0 saturated carbocycles. The van der Waals surface area contributed by atoms with Crippen molar-refractivity contribution in [1.82, 2.24) is 5.43 Å². The lowest BCUT2D eigenvalue weighted by Gasteiger charge is -2.13. The summed E-state index contributed by atoms with van der Waals surface area (Å²) in [5, 5.41) is 18.5. The predicted octanol–water partition coefficient (Wildman–Crippen LogP) is 3.92. The Bertz CT molecular complexity index is 798. The molecule has 0 aliphatic rings. The quantitative estimate of drug-likeness (QED) is 0.381. The van der Waals surface area contributed by atoms with Gasteiger partial charge in [0.1, 0.15) is 0 Å². The maximum Gasteiger partial charge on any atom is 0.270 e. The highest BCUT2D eigenvalue weighted by Gasteiger charge is 2.08. The van der Waals surface area contributed by atoms with Gasteiger partial charge in [-0.05, 0) is 44.1 Å². The number of nitro groups is 1. The summed E-state index contributed by atoms with van der Waals surface area (Å²) >= 11 is 5.25. The van der Waals surface area contributed by atoms with Gasteiger partial charge in [-0.25, -0.2) is 0 Å². The number of nitrogens with zero attached hydrogens (tertiary/aromatic N) is 2. The fourth-order valence-electron chi connectivity index (χ4n) is 2.20. The first-order valence-corrected chi connectivity index (χ1v) is 7.71. The van der Waals surface area contributed by atoms with Crippen molar-refractivity contribution < 1.29 is 4.92 Å². The van der Waals surface area contributed by atoms with Crippen LogP contribution in [-0.2, 0) is 0 Å². The number of benzene rings is 2. The van der Waals surface area contributed by atoms with E-state index in [0.29, 0.717) is 16.4 Å². The summed E-state index contributed by atoms with van der Waals surface area (Å²) in [6.45, 7) is 5.75. The molecule has 0 unspecified atom stereocenters. The Morgan fingerprint density at radius 1 is 1.17 bits per heavy atom. The second kappa shape index (κ2) is 7.65. The van der Waals surface area contributed by atoms with Crippen LogP contribution < -0.4 is 10.7 Å². The van der Waals surface area contributed by atoms with Crippen LogP contribution in [0.25, 0.3) is 0 Å². The van der Waals surface area contributed by atoms with Crippen molar-refractivity contribution in [3.8, 4) is 0 Å². The fraction of sp³-hybridized carbons (Fsp3) is 0.176. The second-order valence-electron chi connectivity index (χ2n) is 5.34. The zero-order chi connectivity index (χ0) is 17.7. The van der Waals surface area contributed by atoms with Crippen molar-refractivity contribution in [2.24, 2.45) is 5.10 Å². The highest BCUT2D eigenvalue weighted by Crippen LogP contribution is 2.19.